The van der Waals surface area contributed by atoms with Gasteiger partial charge in [-0.2, -0.15) is 4.98 Å². The number of nitrogens with one attached hydrogen (secondary N) is 1. The van der Waals surface area contributed by atoms with Gasteiger partial charge in [0.25, 0.3) is 0 Å². The summed E-state index contributed by atoms with van der Waals surface area (Å²) >= 11 is 0. The first kappa shape index (κ1) is 14.5. The lowest BCUT2D eigenvalue weighted by molar-refractivity contribution is -0.114. The highest BCUT2D eigenvalue weighted by molar-refractivity contribution is 6.06. The monoisotopic (exact) mass is 286 g/mol. The van der Waals surface area contributed by atoms with Crippen molar-refractivity contribution in [3.05, 3.63) is 47.4 Å². The van der Waals surface area contributed by atoms with E-state index in [1.54, 1.807) is 25.1 Å². The minimum Gasteiger partial charge on any atom is -0.507 e. The third-order valence-electron chi connectivity index (χ3n) is 2.65. The summed E-state index contributed by atoms with van der Waals surface area (Å²) < 4.78 is 5.20. The molecule has 6 nitrogen and oxygen atoms in total. The van der Waals surface area contributed by atoms with E-state index >= 15 is 0 Å². The van der Waals surface area contributed by atoms with Crippen LogP contribution in [0.15, 0.2) is 34.8 Å². The van der Waals surface area contributed by atoms with Crippen LogP contribution in [0.25, 0.3) is 6.08 Å². The molecule has 1 heterocycles. The highest BCUT2D eigenvalue weighted by Crippen LogP contribution is 2.19. The molecule has 0 fully saturated rings. The van der Waals surface area contributed by atoms with Crippen LogP contribution in [0.2, 0.25) is 0 Å². The Morgan fingerprint density at radius 1 is 1.33 bits per heavy atom. The van der Waals surface area contributed by atoms with E-state index in [9.17, 15) is 14.7 Å². The average Bonchev–Trinajstić information content (AvgIpc) is 2.77. The number of oxazole rings is 1. The molecule has 2 aromatic rings. The van der Waals surface area contributed by atoms with Crippen molar-refractivity contribution < 1.29 is 19.1 Å². The maximum Gasteiger partial charge on any atom is 0.302 e. The van der Waals surface area contributed by atoms with Crippen LogP contribution in [-0.4, -0.2) is 21.8 Å². The van der Waals surface area contributed by atoms with Gasteiger partial charge in [0.1, 0.15) is 5.75 Å². The second-order valence-corrected chi connectivity index (χ2v) is 4.37. The molecular weight excluding hydrogens is 272 g/mol. The van der Waals surface area contributed by atoms with Crippen molar-refractivity contribution in [2.75, 3.05) is 5.32 Å². The Labute approximate surface area is 121 Å². The van der Waals surface area contributed by atoms with Crippen molar-refractivity contribution in [2.24, 2.45) is 0 Å². The van der Waals surface area contributed by atoms with Crippen LogP contribution in [0, 0.1) is 6.92 Å². The lowest BCUT2D eigenvalue weighted by Gasteiger charge is -1.96. The molecular formula is C15H14N2O4. The number of aromatic nitrogens is 1. The Morgan fingerprint density at radius 3 is 2.71 bits per heavy atom. The van der Waals surface area contributed by atoms with Gasteiger partial charge < -0.3 is 9.52 Å². The van der Waals surface area contributed by atoms with Crippen molar-refractivity contribution in [3.8, 4) is 5.75 Å². The normalized spacial score (nSPS) is 10.8. The van der Waals surface area contributed by atoms with Crippen LogP contribution in [-0.2, 0) is 4.79 Å². The number of hydrogen-bond donors (Lipinski definition) is 2. The first-order valence-corrected chi connectivity index (χ1v) is 6.23. The number of hydrogen-bond acceptors (Lipinski definition) is 5. The van der Waals surface area contributed by atoms with E-state index in [-0.39, 0.29) is 23.4 Å². The summed E-state index contributed by atoms with van der Waals surface area (Å²) in [6, 6.07) is 6.63. The molecule has 1 aromatic heterocycles. The number of aromatic hydroxyl groups is 1. The van der Waals surface area contributed by atoms with E-state index in [0.717, 1.165) is 0 Å². The van der Waals surface area contributed by atoms with Gasteiger partial charge in [0, 0.05) is 12.5 Å². The molecule has 0 atom stereocenters. The van der Waals surface area contributed by atoms with Crippen LogP contribution in [0.1, 0.15) is 28.7 Å². The van der Waals surface area contributed by atoms with Crippen LogP contribution >= 0.6 is 0 Å². The topological polar surface area (TPSA) is 92.4 Å². The summed E-state index contributed by atoms with van der Waals surface area (Å²) in [5, 5.41) is 12.0. The number of carbonyl (C=O) groups is 2. The van der Waals surface area contributed by atoms with Gasteiger partial charge in [-0.1, -0.05) is 18.2 Å². The zero-order valence-corrected chi connectivity index (χ0v) is 11.6. The molecule has 6 heteroatoms. The first-order valence-electron chi connectivity index (χ1n) is 6.23. The van der Waals surface area contributed by atoms with Gasteiger partial charge in [-0.3, -0.25) is 14.9 Å². The lowest BCUT2D eigenvalue weighted by Crippen LogP contribution is -2.05. The molecule has 0 saturated carbocycles. The van der Waals surface area contributed by atoms with E-state index in [4.69, 9.17) is 4.42 Å². The van der Waals surface area contributed by atoms with Crippen molar-refractivity contribution in [1.29, 1.82) is 0 Å². The number of benzene rings is 1. The Bertz CT molecular complexity index is 716. The second kappa shape index (κ2) is 6.04. The number of aryl methyl sites for hydroxylation is 1. The molecule has 21 heavy (non-hydrogen) atoms. The number of ketones is 1. The van der Waals surface area contributed by atoms with Gasteiger partial charge in [-0.05, 0) is 25.1 Å². The van der Waals surface area contributed by atoms with Gasteiger partial charge in [0.15, 0.2) is 5.76 Å². The van der Waals surface area contributed by atoms with Gasteiger partial charge in [-0.25, -0.2) is 0 Å². The average molecular weight is 286 g/mol. The number of phenolic OH excluding ortho intramolecular Hbond substituents is 1. The quantitative estimate of drug-likeness (QED) is 0.665. The fourth-order valence-corrected chi connectivity index (χ4v) is 1.70. The summed E-state index contributed by atoms with van der Waals surface area (Å²) in [4.78, 5) is 26.9. The summed E-state index contributed by atoms with van der Waals surface area (Å²) in [6.07, 6.45) is 2.76. The fraction of sp³-hybridized carbons (Fsp3) is 0.133. The van der Waals surface area contributed by atoms with E-state index in [0.29, 0.717) is 11.3 Å². The minimum absolute atomic E-state index is 0.0145. The lowest BCUT2D eigenvalue weighted by atomic mass is 10.1. The van der Waals surface area contributed by atoms with Crippen LogP contribution in [0.5, 0.6) is 5.75 Å². The van der Waals surface area contributed by atoms with Crippen LogP contribution in [0.4, 0.5) is 6.01 Å². The maximum atomic E-state index is 12.0. The molecule has 0 unspecified atom stereocenters. The molecule has 0 radical (unpaired) electrons. The number of anilines is 1. The van der Waals surface area contributed by atoms with E-state index < -0.39 is 5.78 Å². The highest BCUT2D eigenvalue weighted by atomic mass is 16.4. The zero-order valence-electron chi connectivity index (χ0n) is 11.6. The molecule has 0 aliphatic carbocycles. The number of carbonyl (C=O) groups excluding carboxylic acids is 2. The number of para-hydroxylation sites is 1. The molecule has 0 aliphatic heterocycles. The number of rotatable bonds is 4. The first-order chi connectivity index (χ1) is 9.97. The maximum absolute atomic E-state index is 12.0. The van der Waals surface area contributed by atoms with E-state index in [1.165, 1.54) is 25.1 Å². The third-order valence-corrected chi connectivity index (χ3v) is 2.65. The predicted molar refractivity (Wildman–Crippen MR) is 77.0 cm³/mol. The van der Waals surface area contributed by atoms with Crippen LogP contribution < -0.4 is 5.32 Å². The Morgan fingerprint density at radius 2 is 2.05 bits per heavy atom. The van der Waals surface area contributed by atoms with Gasteiger partial charge in [-0.15, -0.1) is 0 Å². The smallest absolute Gasteiger partial charge is 0.302 e. The number of allylic oxidation sites excluding steroid dienone is 1. The molecule has 1 amide bonds. The van der Waals surface area contributed by atoms with E-state index in [1.807, 2.05) is 0 Å². The molecule has 0 aliphatic rings. The molecule has 0 spiro atoms. The van der Waals surface area contributed by atoms with Crippen LogP contribution in [0.3, 0.4) is 0 Å². The summed E-state index contributed by atoms with van der Waals surface area (Å²) in [6.45, 7) is 2.93. The molecule has 2 rings (SSSR count). The molecule has 0 saturated heterocycles. The Kier molecular flexibility index (Phi) is 4.18. The summed E-state index contributed by atoms with van der Waals surface area (Å²) in [5.74, 6) is -0.611. The summed E-state index contributed by atoms with van der Waals surface area (Å²) in [5.41, 5.74) is 0.899. The van der Waals surface area contributed by atoms with Crippen molar-refractivity contribution in [2.45, 2.75) is 13.8 Å². The van der Waals surface area contributed by atoms with Crippen molar-refractivity contribution in [3.63, 3.8) is 0 Å². The Hall–Kier alpha value is -2.89. The SMILES string of the molecule is CC(=O)Nc1nc(C)c(C(=O)C=Cc2ccccc2O)o1. The molecule has 1 aromatic carbocycles. The molecule has 2 N–H and O–H groups in total. The van der Waals surface area contributed by atoms with Crippen molar-refractivity contribution in [1.82, 2.24) is 4.98 Å². The number of nitrogens with zero attached hydrogens (tertiary/aromatic N) is 1. The number of phenols is 1. The Balaban J connectivity index is 2.19. The largest absolute Gasteiger partial charge is 0.507 e. The molecule has 108 valence electrons. The standard InChI is InChI=1S/C15H14N2O4/c1-9-14(21-15(16-9)17-10(2)18)13(20)8-7-11-5-3-4-6-12(11)19/h3-8,19H,1-2H3,(H,16,17,18). The third kappa shape index (κ3) is 3.56. The zero-order chi connectivity index (χ0) is 15.4. The predicted octanol–water partition coefficient (Wildman–Crippen LogP) is 2.54. The van der Waals surface area contributed by atoms with Gasteiger partial charge in [0.2, 0.25) is 11.7 Å². The highest BCUT2D eigenvalue weighted by Gasteiger charge is 2.15. The fourth-order valence-electron chi connectivity index (χ4n) is 1.70. The van der Waals surface area contributed by atoms with Gasteiger partial charge >= 0.3 is 6.01 Å². The minimum atomic E-state index is -0.403. The second-order valence-electron chi connectivity index (χ2n) is 4.37. The van der Waals surface area contributed by atoms with E-state index in [2.05, 4.69) is 10.3 Å². The van der Waals surface area contributed by atoms with Gasteiger partial charge in [0.05, 0.1) is 5.69 Å². The summed E-state index contributed by atoms with van der Waals surface area (Å²) in [7, 11) is 0. The number of amides is 1. The van der Waals surface area contributed by atoms with Crippen molar-refractivity contribution >= 4 is 23.8 Å². The molecule has 0 bridgehead atoms.